The number of alkyl carbamates (subject to hydrolysis) is 1. The van der Waals surface area contributed by atoms with Gasteiger partial charge < -0.3 is 19.9 Å². The number of ether oxygens (including phenoxy) is 1. The lowest BCUT2D eigenvalue weighted by atomic mass is 10.0. The minimum absolute atomic E-state index is 0.153. The molecule has 0 bridgehead atoms. The molecule has 2 rings (SSSR count). The molecule has 0 spiro atoms. The first kappa shape index (κ1) is 20.6. The van der Waals surface area contributed by atoms with Crippen LogP contribution in [0.5, 0.6) is 0 Å². The Bertz CT molecular complexity index is 809. The van der Waals surface area contributed by atoms with E-state index in [0.717, 1.165) is 17.1 Å². The Labute approximate surface area is 160 Å². The van der Waals surface area contributed by atoms with Crippen LogP contribution in [0, 0.1) is 13.8 Å². The number of hydrogen-bond donors (Lipinski definition) is 2. The maximum absolute atomic E-state index is 12.5. The molecule has 0 aliphatic rings. The Morgan fingerprint density at radius 1 is 1.11 bits per heavy atom. The lowest BCUT2D eigenvalue weighted by molar-refractivity contribution is 0.0951. The van der Waals surface area contributed by atoms with E-state index in [1.54, 1.807) is 6.92 Å². The molecule has 2 amide bonds. The van der Waals surface area contributed by atoms with Crippen LogP contribution in [0.2, 0.25) is 0 Å². The van der Waals surface area contributed by atoms with Gasteiger partial charge in [0.2, 0.25) is 0 Å². The summed E-state index contributed by atoms with van der Waals surface area (Å²) in [7, 11) is 0. The van der Waals surface area contributed by atoms with Gasteiger partial charge in [0.15, 0.2) is 0 Å². The Hall–Kier alpha value is -2.76. The average molecular weight is 371 g/mol. The molecule has 0 saturated heterocycles. The third-order valence-corrected chi connectivity index (χ3v) is 4.43. The second-order valence-electron chi connectivity index (χ2n) is 6.77. The molecule has 0 unspecified atom stereocenters. The minimum atomic E-state index is -0.477. The molecular formula is C21H29N3O3. The number of rotatable bonds is 7. The highest BCUT2D eigenvalue weighted by atomic mass is 16.5. The summed E-state index contributed by atoms with van der Waals surface area (Å²) in [4.78, 5) is 23.8. The van der Waals surface area contributed by atoms with Crippen molar-refractivity contribution in [2.24, 2.45) is 0 Å². The Morgan fingerprint density at radius 3 is 2.48 bits per heavy atom. The third-order valence-electron chi connectivity index (χ3n) is 4.43. The van der Waals surface area contributed by atoms with Crippen LogP contribution < -0.4 is 10.6 Å². The summed E-state index contributed by atoms with van der Waals surface area (Å²) in [5, 5.41) is 5.42. The summed E-state index contributed by atoms with van der Waals surface area (Å²) in [6.45, 7) is 11.0. The summed E-state index contributed by atoms with van der Waals surface area (Å²) in [5.74, 6) is 0.288. The van der Waals surface area contributed by atoms with Crippen LogP contribution in [-0.4, -0.2) is 36.3 Å². The van der Waals surface area contributed by atoms with E-state index in [1.807, 2.05) is 26.0 Å². The van der Waals surface area contributed by atoms with Gasteiger partial charge in [0.1, 0.15) is 0 Å². The van der Waals surface area contributed by atoms with Gasteiger partial charge in [-0.05, 0) is 50.5 Å². The molecule has 6 heteroatoms. The van der Waals surface area contributed by atoms with Crippen LogP contribution in [0.25, 0.3) is 5.69 Å². The Kier molecular flexibility index (Phi) is 7.05. The zero-order valence-corrected chi connectivity index (χ0v) is 16.8. The van der Waals surface area contributed by atoms with Crippen LogP contribution in [0.15, 0.2) is 30.3 Å². The standard InChI is InChI=1S/C21H29N3O3/c1-6-27-21(26)23-11-10-22-20(25)19-12-15(4)24(16(19)5)18-9-7-8-17(13-18)14(2)3/h7-9,12-14H,6,10-11H2,1-5H3,(H,22,25)(H,23,26). The minimum Gasteiger partial charge on any atom is -0.450 e. The number of aryl methyl sites for hydroxylation is 1. The zero-order chi connectivity index (χ0) is 20.0. The van der Waals surface area contributed by atoms with Gasteiger partial charge in [-0.2, -0.15) is 0 Å². The maximum Gasteiger partial charge on any atom is 0.407 e. The molecule has 27 heavy (non-hydrogen) atoms. The number of hydrogen-bond acceptors (Lipinski definition) is 3. The van der Waals surface area contributed by atoms with Crippen molar-refractivity contribution in [2.75, 3.05) is 19.7 Å². The lowest BCUT2D eigenvalue weighted by Crippen LogP contribution is -2.35. The van der Waals surface area contributed by atoms with E-state index in [0.29, 0.717) is 31.2 Å². The van der Waals surface area contributed by atoms with Crippen LogP contribution in [0.3, 0.4) is 0 Å². The second kappa shape index (κ2) is 9.26. The number of carbonyl (C=O) groups excluding carboxylic acids is 2. The van der Waals surface area contributed by atoms with E-state index in [9.17, 15) is 9.59 Å². The number of aromatic nitrogens is 1. The van der Waals surface area contributed by atoms with Gasteiger partial charge in [0, 0.05) is 30.2 Å². The van der Waals surface area contributed by atoms with Gasteiger partial charge in [0.05, 0.1) is 12.2 Å². The van der Waals surface area contributed by atoms with Gasteiger partial charge in [-0.1, -0.05) is 26.0 Å². The van der Waals surface area contributed by atoms with Crippen molar-refractivity contribution >= 4 is 12.0 Å². The first-order chi connectivity index (χ1) is 12.8. The summed E-state index contributed by atoms with van der Waals surface area (Å²) < 4.78 is 6.88. The van der Waals surface area contributed by atoms with Crippen LogP contribution in [0.1, 0.15) is 54.0 Å². The third kappa shape index (κ3) is 5.12. The summed E-state index contributed by atoms with van der Waals surface area (Å²) in [5.41, 5.74) is 4.85. The molecule has 0 radical (unpaired) electrons. The van der Waals surface area contributed by atoms with E-state index < -0.39 is 6.09 Å². The van der Waals surface area contributed by atoms with Crippen molar-refractivity contribution in [3.63, 3.8) is 0 Å². The van der Waals surface area contributed by atoms with Gasteiger partial charge in [-0.3, -0.25) is 4.79 Å². The number of nitrogens with one attached hydrogen (secondary N) is 2. The van der Waals surface area contributed by atoms with Gasteiger partial charge in [0.25, 0.3) is 5.91 Å². The van der Waals surface area contributed by atoms with Gasteiger partial charge in [-0.25, -0.2) is 4.79 Å². The van der Waals surface area contributed by atoms with Gasteiger partial charge in [-0.15, -0.1) is 0 Å². The smallest absolute Gasteiger partial charge is 0.407 e. The maximum atomic E-state index is 12.5. The predicted octanol–water partition coefficient (Wildman–Crippen LogP) is 3.69. The van der Waals surface area contributed by atoms with Crippen LogP contribution >= 0.6 is 0 Å². The quantitative estimate of drug-likeness (QED) is 0.729. The number of carbonyl (C=O) groups is 2. The van der Waals surface area contributed by atoms with E-state index in [2.05, 4.69) is 47.2 Å². The van der Waals surface area contributed by atoms with E-state index in [1.165, 1.54) is 5.56 Å². The lowest BCUT2D eigenvalue weighted by Gasteiger charge is -2.13. The fourth-order valence-electron chi connectivity index (χ4n) is 3.03. The highest BCUT2D eigenvalue weighted by molar-refractivity contribution is 5.96. The zero-order valence-electron chi connectivity index (χ0n) is 16.8. The number of benzene rings is 1. The molecule has 0 aliphatic heterocycles. The fourth-order valence-corrected chi connectivity index (χ4v) is 3.03. The molecule has 0 fully saturated rings. The average Bonchev–Trinajstić information content (AvgIpc) is 2.93. The van der Waals surface area contributed by atoms with E-state index >= 15 is 0 Å². The molecule has 1 heterocycles. The molecule has 6 nitrogen and oxygen atoms in total. The molecule has 0 saturated carbocycles. The largest absolute Gasteiger partial charge is 0.450 e. The second-order valence-corrected chi connectivity index (χ2v) is 6.77. The van der Waals surface area contributed by atoms with Crippen molar-refractivity contribution in [2.45, 2.75) is 40.5 Å². The molecule has 1 aromatic heterocycles. The molecule has 2 aromatic rings. The highest BCUT2D eigenvalue weighted by Gasteiger charge is 2.17. The topological polar surface area (TPSA) is 72.4 Å². The molecule has 0 atom stereocenters. The summed E-state index contributed by atoms with van der Waals surface area (Å²) >= 11 is 0. The van der Waals surface area contributed by atoms with Crippen molar-refractivity contribution in [1.82, 2.24) is 15.2 Å². The molecule has 2 N–H and O–H groups in total. The van der Waals surface area contributed by atoms with Crippen molar-refractivity contribution in [3.8, 4) is 5.69 Å². The predicted molar refractivity (Wildman–Crippen MR) is 107 cm³/mol. The van der Waals surface area contributed by atoms with Crippen LogP contribution in [-0.2, 0) is 4.74 Å². The number of amides is 2. The fraction of sp³-hybridized carbons (Fsp3) is 0.429. The molecule has 1 aromatic carbocycles. The van der Waals surface area contributed by atoms with E-state index in [4.69, 9.17) is 4.74 Å². The molecular weight excluding hydrogens is 342 g/mol. The SMILES string of the molecule is CCOC(=O)NCCNC(=O)c1cc(C)n(-c2cccc(C(C)C)c2)c1C. The highest BCUT2D eigenvalue weighted by Crippen LogP contribution is 2.24. The summed E-state index contributed by atoms with van der Waals surface area (Å²) in [6, 6.07) is 10.3. The molecule has 0 aliphatic carbocycles. The first-order valence-corrected chi connectivity index (χ1v) is 9.33. The van der Waals surface area contributed by atoms with Crippen LogP contribution in [0.4, 0.5) is 4.79 Å². The monoisotopic (exact) mass is 371 g/mol. The molecule has 146 valence electrons. The normalized spacial score (nSPS) is 10.7. The van der Waals surface area contributed by atoms with Crippen molar-refractivity contribution in [3.05, 3.63) is 52.8 Å². The first-order valence-electron chi connectivity index (χ1n) is 9.33. The van der Waals surface area contributed by atoms with E-state index in [-0.39, 0.29) is 5.91 Å². The van der Waals surface area contributed by atoms with Crippen molar-refractivity contribution < 1.29 is 14.3 Å². The summed E-state index contributed by atoms with van der Waals surface area (Å²) in [6.07, 6.45) is -0.477. The Morgan fingerprint density at radius 2 is 1.81 bits per heavy atom. The number of nitrogens with zero attached hydrogens (tertiary/aromatic N) is 1. The Balaban J connectivity index is 2.09. The van der Waals surface area contributed by atoms with Gasteiger partial charge >= 0.3 is 6.09 Å². The van der Waals surface area contributed by atoms with Crippen molar-refractivity contribution in [1.29, 1.82) is 0 Å².